The molecule has 2 nitrogen and oxygen atoms in total. The maximum absolute atomic E-state index is 8.86. The fourth-order valence-electron chi connectivity index (χ4n) is 2.05. The lowest BCUT2D eigenvalue weighted by atomic mass is 10.1. The molecule has 2 heteroatoms. The van der Waals surface area contributed by atoms with Crippen molar-refractivity contribution in [2.45, 2.75) is 26.3 Å². The van der Waals surface area contributed by atoms with Crippen LogP contribution in [0.4, 0.5) is 0 Å². The highest BCUT2D eigenvalue weighted by Gasteiger charge is 2.05. The first-order chi connectivity index (χ1) is 7.36. The number of aromatic nitrogens is 1. The van der Waals surface area contributed by atoms with Crippen molar-refractivity contribution < 1.29 is 5.11 Å². The van der Waals surface area contributed by atoms with Gasteiger partial charge in [0.15, 0.2) is 0 Å². The number of rotatable bonds is 4. The minimum Gasteiger partial charge on any atom is -0.396 e. The van der Waals surface area contributed by atoms with Gasteiger partial charge in [0.2, 0.25) is 0 Å². The van der Waals surface area contributed by atoms with E-state index in [9.17, 15) is 0 Å². The Morgan fingerprint density at radius 2 is 2.07 bits per heavy atom. The van der Waals surface area contributed by atoms with E-state index in [0.29, 0.717) is 0 Å². The number of aliphatic hydroxyl groups excluding tert-OH is 1. The summed E-state index contributed by atoms with van der Waals surface area (Å²) < 4.78 is 2.27. The maximum Gasteiger partial charge on any atom is 0.0483 e. The highest BCUT2D eigenvalue weighted by atomic mass is 16.2. The summed E-state index contributed by atoms with van der Waals surface area (Å²) in [5, 5.41) is 10.2. The van der Waals surface area contributed by atoms with Gasteiger partial charge in [0, 0.05) is 30.3 Å². The second-order valence-corrected chi connectivity index (χ2v) is 3.78. The van der Waals surface area contributed by atoms with Crippen LogP contribution >= 0.6 is 0 Å². The van der Waals surface area contributed by atoms with Crippen molar-refractivity contribution in [3.63, 3.8) is 0 Å². The molecule has 0 aliphatic heterocycles. The molecule has 0 spiro atoms. The van der Waals surface area contributed by atoms with Crippen molar-refractivity contribution in [1.82, 2.24) is 4.57 Å². The molecule has 0 bridgehead atoms. The van der Waals surface area contributed by atoms with E-state index in [-0.39, 0.29) is 6.61 Å². The predicted octanol–water partition coefficient (Wildman–Crippen LogP) is 2.59. The number of para-hydroxylation sites is 1. The fraction of sp³-hybridized carbons (Fsp3) is 0.385. The van der Waals surface area contributed by atoms with Crippen LogP contribution in [0.25, 0.3) is 10.9 Å². The van der Waals surface area contributed by atoms with E-state index >= 15 is 0 Å². The lowest BCUT2D eigenvalue weighted by molar-refractivity contribution is 0.288. The lowest BCUT2D eigenvalue weighted by Crippen LogP contribution is -1.90. The van der Waals surface area contributed by atoms with Crippen molar-refractivity contribution in [3.05, 3.63) is 36.0 Å². The number of nitrogens with zero attached hydrogens (tertiary/aromatic N) is 1. The molecule has 0 saturated carbocycles. The van der Waals surface area contributed by atoms with Crippen molar-refractivity contribution in [3.8, 4) is 0 Å². The predicted molar refractivity (Wildman–Crippen MR) is 63.0 cm³/mol. The van der Waals surface area contributed by atoms with E-state index in [0.717, 1.165) is 19.4 Å². The Morgan fingerprint density at radius 1 is 1.27 bits per heavy atom. The van der Waals surface area contributed by atoms with Crippen LogP contribution in [0.3, 0.4) is 0 Å². The molecule has 0 unspecified atom stereocenters. The highest BCUT2D eigenvalue weighted by Crippen LogP contribution is 2.22. The second kappa shape index (κ2) is 4.49. The summed E-state index contributed by atoms with van der Waals surface area (Å²) in [5.74, 6) is 0. The normalized spacial score (nSPS) is 11.1. The Labute approximate surface area is 90.2 Å². The molecule has 0 aliphatic rings. The zero-order chi connectivity index (χ0) is 10.7. The van der Waals surface area contributed by atoms with Crippen LogP contribution in [-0.2, 0) is 13.0 Å². The van der Waals surface area contributed by atoms with Gasteiger partial charge in [0.05, 0.1) is 0 Å². The molecule has 2 rings (SSSR count). The van der Waals surface area contributed by atoms with E-state index in [1.165, 1.54) is 16.5 Å². The maximum atomic E-state index is 8.86. The third-order valence-electron chi connectivity index (χ3n) is 2.82. The van der Waals surface area contributed by atoms with E-state index in [1.54, 1.807) is 0 Å². The van der Waals surface area contributed by atoms with Gasteiger partial charge in [-0.25, -0.2) is 0 Å². The van der Waals surface area contributed by atoms with Crippen LogP contribution in [0.2, 0.25) is 0 Å². The molecule has 0 aliphatic carbocycles. The van der Waals surface area contributed by atoms with Crippen LogP contribution in [-0.4, -0.2) is 16.3 Å². The third kappa shape index (κ3) is 1.90. The molecule has 0 radical (unpaired) electrons. The third-order valence-corrected chi connectivity index (χ3v) is 2.82. The van der Waals surface area contributed by atoms with Crippen LogP contribution < -0.4 is 0 Å². The summed E-state index contributed by atoms with van der Waals surface area (Å²) >= 11 is 0. The van der Waals surface area contributed by atoms with Gasteiger partial charge >= 0.3 is 0 Å². The first kappa shape index (κ1) is 10.2. The second-order valence-electron chi connectivity index (χ2n) is 3.78. The Balaban J connectivity index is 2.45. The molecule has 80 valence electrons. The lowest BCUT2D eigenvalue weighted by Gasteiger charge is -1.98. The number of fused-ring (bicyclic) bond motifs is 1. The minimum absolute atomic E-state index is 0.269. The average molecular weight is 203 g/mol. The van der Waals surface area contributed by atoms with Crippen LogP contribution in [0, 0.1) is 0 Å². The van der Waals surface area contributed by atoms with Crippen LogP contribution in [0.15, 0.2) is 30.5 Å². The zero-order valence-electron chi connectivity index (χ0n) is 9.11. The Bertz CT molecular complexity index is 445. The molecular weight excluding hydrogens is 186 g/mol. The smallest absolute Gasteiger partial charge is 0.0483 e. The number of aryl methyl sites for hydroxylation is 2. The van der Waals surface area contributed by atoms with Gasteiger partial charge in [-0.2, -0.15) is 0 Å². The summed E-state index contributed by atoms with van der Waals surface area (Å²) in [6.07, 6.45) is 4.02. The Hall–Kier alpha value is -1.28. The summed E-state index contributed by atoms with van der Waals surface area (Å²) in [7, 11) is 0. The quantitative estimate of drug-likeness (QED) is 0.811. The van der Waals surface area contributed by atoms with Gasteiger partial charge in [-0.1, -0.05) is 18.2 Å². The monoisotopic (exact) mass is 203 g/mol. The first-order valence-corrected chi connectivity index (χ1v) is 5.54. The molecule has 1 aromatic heterocycles. The zero-order valence-corrected chi connectivity index (χ0v) is 9.11. The van der Waals surface area contributed by atoms with Crippen LogP contribution in [0.5, 0.6) is 0 Å². The number of hydrogen-bond donors (Lipinski definition) is 1. The molecule has 2 aromatic rings. The molecule has 0 saturated heterocycles. The van der Waals surface area contributed by atoms with Gasteiger partial charge in [0.1, 0.15) is 0 Å². The standard InChI is InChI=1S/C13H17NO/c1-2-14-10-11(6-5-9-15)12-7-3-4-8-13(12)14/h3-4,7-8,10,15H,2,5-6,9H2,1H3. The summed E-state index contributed by atoms with van der Waals surface area (Å²) in [6, 6.07) is 8.46. The average Bonchev–Trinajstić information content (AvgIpc) is 2.65. The van der Waals surface area contributed by atoms with E-state index in [4.69, 9.17) is 5.11 Å². The summed E-state index contributed by atoms with van der Waals surface area (Å²) in [4.78, 5) is 0. The molecule has 1 aromatic carbocycles. The fourth-order valence-corrected chi connectivity index (χ4v) is 2.05. The van der Waals surface area contributed by atoms with Gasteiger partial charge in [-0.3, -0.25) is 0 Å². The van der Waals surface area contributed by atoms with Crippen molar-refractivity contribution in [1.29, 1.82) is 0 Å². The molecule has 0 amide bonds. The molecule has 1 N–H and O–H groups in total. The highest BCUT2D eigenvalue weighted by molar-refractivity contribution is 5.83. The van der Waals surface area contributed by atoms with E-state index < -0.39 is 0 Å². The topological polar surface area (TPSA) is 25.2 Å². The minimum atomic E-state index is 0.269. The van der Waals surface area contributed by atoms with Gasteiger partial charge in [-0.15, -0.1) is 0 Å². The van der Waals surface area contributed by atoms with Crippen LogP contribution in [0.1, 0.15) is 18.9 Å². The van der Waals surface area contributed by atoms with Crippen molar-refractivity contribution >= 4 is 10.9 Å². The van der Waals surface area contributed by atoms with Gasteiger partial charge < -0.3 is 9.67 Å². The SMILES string of the molecule is CCn1cc(CCCO)c2ccccc21. The van der Waals surface area contributed by atoms with Crippen molar-refractivity contribution in [2.24, 2.45) is 0 Å². The van der Waals surface area contributed by atoms with E-state index in [2.05, 4.69) is 42.0 Å². The van der Waals surface area contributed by atoms with Gasteiger partial charge in [-0.05, 0) is 31.4 Å². The molecule has 15 heavy (non-hydrogen) atoms. The molecule has 0 atom stereocenters. The molecule has 0 fully saturated rings. The number of hydrogen-bond acceptors (Lipinski definition) is 1. The van der Waals surface area contributed by atoms with Gasteiger partial charge in [0.25, 0.3) is 0 Å². The number of aliphatic hydroxyl groups is 1. The summed E-state index contributed by atoms with van der Waals surface area (Å²) in [5.41, 5.74) is 2.65. The van der Waals surface area contributed by atoms with E-state index in [1.807, 2.05) is 0 Å². The molecule has 1 heterocycles. The number of benzene rings is 1. The molecular formula is C13H17NO. The van der Waals surface area contributed by atoms with Crippen molar-refractivity contribution in [2.75, 3.05) is 6.61 Å². The first-order valence-electron chi connectivity index (χ1n) is 5.54. The Kier molecular flexibility index (Phi) is 3.07. The Morgan fingerprint density at radius 3 is 2.80 bits per heavy atom. The largest absolute Gasteiger partial charge is 0.396 e. The summed E-state index contributed by atoms with van der Waals surface area (Å²) in [6.45, 7) is 3.42.